The average Bonchev–Trinajstić information content (AvgIpc) is 2.56. The number of nitrogens with zero attached hydrogens (tertiary/aromatic N) is 2. The third-order valence-corrected chi connectivity index (χ3v) is 2.63. The van der Waals surface area contributed by atoms with Crippen molar-refractivity contribution in [3.63, 3.8) is 0 Å². The maximum Gasteiger partial charge on any atom is 0.351 e. The lowest BCUT2D eigenvalue weighted by atomic mass is 10.1. The smallest absolute Gasteiger partial charge is 0.351 e. The standard InChI is InChI=1S/C9H12FN3O4/c10-9(4-14)5(15)3-7(17-9)13-2-1-6(11)12-8(13)16/h1-2,5,7,14-15H,3-4H2,(H2,11,12,16)/t5-,7+,9+/m0/s1. The van der Waals surface area contributed by atoms with E-state index in [4.69, 9.17) is 15.6 Å². The average molecular weight is 245 g/mol. The van der Waals surface area contributed by atoms with E-state index >= 15 is 0 Å². The fourth-order valence-electron chi connectivity index (χ4n) is 1.68. The summed E-state index contributed by atoms with van der Waals surface area (Å²) in [5, 5.41) is 18.2. The molecule has 1 aromatic rings. The number of nitrogens with two attached hydrogens (primary N) is 1. The summed E-state index contributed by atoms with van der Waals surface area (Å²) >= 11 is 0. The van der Waals surface area contributed by atoms with Gasteiger partial charge in [-0.2, -0.15) is 4.98 Å². The molecule has 1 aromatic heterocycles. The van der Waals surface area contributed by atoms with E-state index in [-0.39, 0.29) is 12.2 Å². The second kappa shape index (κ2) is 4.06. The Morgan fingerprint density at radius 2 is 2.47 bits per heavy atom. The fourth-order valence-corrected chi connectivity index (χ4v) is 1.68. The number of anilines is 1. The van der Waals surface area contributed by atoms with E-state index in [2.05, 4.69) is 4.98 Å². The van der Waals surface area contributed by atoms with Gasteiger partial charge in [0.15, 0.2) is 0 Å². The Labute approximate surface area is 95.3 Å². The van der Waals surface area contributed by atoms with Gasteiger partial charge in [-0.25, -0.2) is 9.18 Å². The van der Waals surface area contributed by atoms with Crippen LogP contribution in [-0.2, 0) is 4.74 Å². The van der Waals surface area contributed by atoms with Gasteiger partial charge in [-0.3, -0.25) is 4.57 Å². The van der Waals surface area contributed by atoms with Crippen LogP contribution in [0.4, 0.5) is 10.2 Å². The highest BCUT2D eigenvalue weighted by atomic mass is 19.2. The third-order valence-electron chi connectivity index (χ3n) is 2.63. The highest BCUT2D eigenvalue weighted by Crippen LogP contribution is 2.36. The Morgan fingerprint density at radius 1 is 1.76 bits per heavy atom. The van der Waals surface area contributed by atoms with Crippen molar-refractivity contribution >= 4 is 5.82 Å². The molecule has 2 heterocycles. The van der Waals surface area contributed by atoms with Crippen LogP contribution in [-0.4, -0.2) is 38.3 Å². The number of aromatic nitrogens is 2. The second-order valence-corrected chi connectivity index (χ2v) is 3.81. The Balaban J connectivity index is 2.29. The quantitative estimate of drug-likeness (QED) is 0.601. The molecule has 1 saturated heterocycles. The minimum absolute atomic E-state index is 0.0402. The number of alkyl halides is 1. The minimum Gasteiger partial charge on any atom is -0.390 e. The molecule has 0 aliphatic carbocycles. The molecule has 0 radical (unpaired) electrons. The number of nitrogen functional groups attached to an aromatic ring is 1. The molecule has 8 heteroatoms. The molecule has 0 spiro atoms. The van der Waals surface area contributed by atoms with Crippen LogP contribution in [0.15, 0.2) is 17.1 Å². The first kappa shape index (κ1) is 12.0. The zero-order valence-corrected chi connectivity index (χ0v) is 8.78. The first-order chi connectivity index (χ1) is 7.96. The van der Waals surface area contributed by atoms with E-state index in [0.29, 0.717) is 0 Å². The van der Waals surface area contributed by atoms with Crippen molar-refractivity contribution in [2.75, 3.05) is 12.3 Å². The molecule has 17 heavy (non-hydrogen) atoms. The molecular formula is C9H12FN3O4. The molecular weight excluding hydrogens is 233 g/mol. The summed E-state index contributed by atoms with van der Waals surface area (Å²) in [6, 6.07) is 1.36. The van der Waals surface area contributed by atoms with Crippen molar-refractivity contribution in [2.45, 2.75) is 24.6 Å². The SMILES string of the molecule is Nc1ccn([C@H]2C[C@H](O)[C@@](F)(CO)O2)c(=O)n1. The Kier molecular flexibility index (Phi) is 2.86. The van der Waals surface area contributed by atoms with Gasteiger partial charge in [0.05, 0.1) is 0 Å². The van der Waals surface area contributed by atoms with E-state index in [9.17, 15) is 14.3 Å². The fraction of sp³-hybridized carbons (Fsp3) is 0.556. The van der Waals surface area contributed by atoms with Crippen molar-refractivity contribution in [1.29, 1.82) is 0 Å². The summed E-state index contributed by atoms with van der Waals surface area (Å²) in [6.07, 6.45) is -1.36. The highest BCUT2D eigenvalue weighted by molar-refractivity contribution is 5.23. The van der Waals surface area contributed by atoms with E-state index in [1.165, 1.54) is 12.3 Å². The van der Waals surface area contributed by atoms with Gasteiger partial charge in [0.1, 0.15) is 24.8 Å². The first-order valence-corrected chi connectivity index (χ1v) is 4.96. The lowest BCUT2D eigenvalue weighted by Crippen LogP contribution is -2.38. The minimum atomic E-state index is -2.55. The van der Waals surface area contributed by atoms with Crippen LogP contribution in [0.5, 0.6) is 0 Å². The normalized spacial score (nSPS) is 32.9. The molecule has 1 aliphatic rings. The number of hydrogen-bond acceptors (Lipinski definition) is 6. The van der Waals surface area contributed by atoms with Crippen molar-refractivity contribution in [1.82, 2.24) is 9.55 Å². The molecule has 4 N–H and O–H groups in total. The number of rotatable bonds is 2. The molecule has 1 aliphatic heterocycles. The zero-order valence-electron chi connectivity index (χ0n) is 8.78. The van der Waals surface area contributed by atoms with Gasteiger partial charge < -0.3 is 20.7 Å². The van der Waals surface area contributed by atoms with Gasteiger partial charge >= 0.3 is 5.69 Å². The topological polar surface area (TPSA) is 111 Å². The molecule has 3 atom stereocenters. The van der Waals surface area contributed by atoms with Gasteiger partial charge in [-0.05, 0) is 6.07 Å². The third kappa shape index (κ3) is 2.02. The van der Waals surface area contributed by atoms with Gasteiger partial charge in [0.2, 0.25) is 0 Å². The van der Waals surface area contributed by atoms with Crippen LogP contribution in [0.25, 0.3) is 0 Å². The zero-order chi connectivity index (χ0) is 12.6. The highest BCUT2D eigenvalue weighted by Gasteiger charge is 2.49. The molecule has 0 bridgehead atoms. The van der Waals surface area contributed by atoms with Crippen LogP contribution in [0.2, 0.25) is 0 Å². The number of aliphatic hydroxyl groups excluding tert-OH is 2. The molecule has 7 nitrogen and oxygen atoms in total. The van der Waals surface area contributed by atoms with Gasteiger partial charge in [-0.15, -0.1) is 0 Å². The number of aliphatic hydroxyl groups is 2. The number of halogens is 1. The van der Waals surface area contributed by atoms with Gasteiger partial charge in [-0.1, -0.05) is 0 Å². The van der Waals surface area contributed by atoms with Crippen LogP contribution in [0.1, 0.15) is 12.6 Å². The molecule has 1 fully saturated rings. The van der Waals surface area contributed by atoms with E-state index in [1.807, 2.05) is 0 Å². The van der Waals surface area contributed by atoms with Crippen LogP contribution in [0, 0.1) is 0 Å². The molecule has 2 rings (SSSR count). The van der Waals surface area contributed by atoms with Crippen molar-refractivity contribution in [2.24, 2.45) is 0 Å². The largest absolute Gasteiger partial charge is 0.390 e. The van der Waals surface area contributed by atoms with Crippen molar-refractivity contribution < 1.29 is 19.3 Å². The Hall–Kier alpha value is -1.51. The summed E-state index contributed by atoms with van der Waals surface area (Å²) in [4.78, 5) is 14.9. The van der Waals surface area contributed by atoms with Gasteiger partial charge in [0.25, 0.3) is 5.85 Å². The molecule has 0 amide bonds. The maximum absolute atomic E-state index is 13.7. The predicted molar refractivity (Wildman–Crippen MR) is 54.6 cm³/mol. The van der Waals surface area contributed by atoms with Crippen LogP contribution >= 0.6 is 0 Å². The van der Waals surface area contributed by atoms with E-state index < -0.39 is 30.5 Å². The Morgan fingerprint density at radius 3 is 3.00 bits per heavy atom. The summed E-state index contributed by atoms with van der Waals surface area (Å²) in [6.45, 7) is -0.984. The second-order valence-electron chi connectivity index (χ2n) is 3.81. The van der Waals surface area contributed by atoms with E-state index in [1.54, 1.807) is 0 Å². The van der Waals surface area contributed by atoms with Crippen LogP contribution < -0.4 is 11.4 Å². The number of ether oxygens (including phenoxy) is 1. The molecule has 0 saturated carbocycles. The Bertz CT molecular complexity index is 480. The molecule has 94 valence electrons. The summed E-state index contributed by atoms with van der Waals surface area (Å²) in [5.74, 6) is -2.51. The molecule has 0 aromatic carbocycles. The van der Waals surface area contributed by atoms with Crippen molar-refractivity contribution in [3.8, 4) is 0 Å². The monoisotopic (exact) mass is 245 g/mol. The number of hydrogen-bond donors (Lipinski definition) is 3. The van der Waals surface area contributed by atoms with Crippen molar-refractivity contribution in [3.05, 3.63) is 22.7 Å². The van der Waals surface area contributed by atoms with Gasteiger partial charge in [0, 0.05) is 12.6 Å². The summed E-state index contributed by atoms with van der Waals surface area (Å²) in [5.41, 5.74) is 4.60. The molecule has 0 unspecified atom stereocenters. The van der Waals surface area contributed by atoms with Crippen LogP contribution in [0.3, 0.4) is 0 Å². The summed E-state index contributed by atoms with van der Waals surface area (Å²) in [7, 11) is 0. The summed E-state index contributed by atoms with van der Waals surface area (Å²) < 4.78 is 19.5. The lowest BCUT2D eigenvalue weighted by Gasteiger charge is -2.20. The predicted octanol–water partition coefficient (Wildman–Crippen LogP) is -1.24. The maximum atomic E-state index is 13.7. The first-order valence-electron chi connectivity index (χ1n) is 4.96. The van der Waals surface area contributed by atoms with E-state index in [0.717, 1.165) is 4.57 Å². The lowest BCUT2D eigenvalue weighted by molar-refractivity contribution is -0.207.